The van der Waals surface area contributed by atoms with Crippen molar-refractivity contribution in [2.45, 2.75) is 32.7 Å². The number of nitrogens with one attached hydrogen (secondary N) is 1. The number of nitrogens with zero attached hydrogens (tertiary/aromatic N) is 2. The van der Waals surface area contributed by atoms with E-state index in [0.717, 1.165) is 29.9 Å². The lowest BCUT2D eigenvalue weighted by atomic mass is 9.85. The first-order chi connectivity index (χ1) is 8.75. The van der Waals surface area contributed by atoms with Gasteiger partial charge in [0.05, 0.1) is 17.9 Å². The summed E-state index contributed by atoms with van der Waals surface area (Å²) in [7, 11) is 0. The van der Waals surface area contributed by atoms with Crippen LogP contribution >= 0.6 is 0 Å². The molecule has 18 heavy (non-hydrogen) atoms. The third-order valence-electron chi connectivity index (χ3n) is 3.74. The molecule has 0 aliphatic heterocycles. The van der Waals surface area contributed by atoms with Crippen molar-refractivity contribution in [1.82, 2.24) is 14.7 Å². The summed E-state index contributed by atoms with van der Waals surface area (Å²) in [6, 6.07) is 5.92. The van der Waals surface area contributed by atoms with E-state index >= 15 is 0 Å². The number of aromatic nitrogens is 2. The Morgan fingerprint density at radius 1 is 1.50 bits per heavy atom. The highest BCUT2D eigenvalue weighted by Crippen LogP contribution is 2.26. The predicted molar refractivity (Wildman–Crippen MR) is 69.1 cm³/mol. The number of aryl methyl sites for hydroxylation is 1. The molecule has 0 spiro atoms. The highest BCUT2D eigenvalue weighted by molar-refractivity contribution is 5.79. The average molecular weight is 243 g/mol. The van der Waals surface area contributed by atoms with E-state index in [1.807, 2.05) is 35.7 Å². The van der Waals surface area contributed by atoms with Gasteiger partial charge in [-0.25, -0.2) is 4.98 Å². The molecular formula is C14H17N3O. The molecule has 3 rings (SSSR count). The first-order valence-electron chi connectivity index (χ1n) is 6.46. The minimum Gasteiger partial charge on any atom is -0.350 e. The Hall–Kier alpha value is -1.84. The molecule has 0 bridgehead atoms. The van der Waals surface area contributed by atoms with Gasteiger partial charge in [-0.2, -0.15) is 0 Å². The van der Waals surface area contributed by atoms with E-state index in [0.29, 0.717) is 6.54 Å². The summed E-state index contributed by atoms with van der Waals surface area (Å²) < 4.78 is 2.04. The molecular weight excluding hydrogens is 226 g/mol. The minimum atomic E-state index is 0.187. The summed E-state index contributed by atoms with van der Waals surface area (Å²) >= 11 is 0. The molecule has 2 aromatic rings. The molecule has 1 N–H and O–H groups in total. The fourth-order valence-electron chi connectivity index (χ4n) is 2.36. The monoisotopic (exact) mass is 243 g/mol. The van der Waals surface area contributed by atoms with Crippen LogP contribution in [0.2, 0.25) is 0 Å². The summed E-state index contributed by atoms with van der Waals surface area (Å²) in [5, 5.41) is 3.02. The number of rotatable bonds is 3. The van der Waals surface area contributed by atoms with E-state index < -0.39 is 0 Å². The molecule has 1 aliphatic carbocycles. The van der Waals surface area contributed by atoms with Crippen LogP contribution in [0.15, 0.2) is 24.4 Å². The van der Waals surface area contributed by atoms with Crippen LogP contribution in [0.5, 0.6) is 0 Å². The number of hydrogen-bond donors (Lipinski definition) is 1. The van der Waals surface area contributed by atoms with E-state index in [2.05, 4.69) is 10.3 Å². The van der Waals surface area contributed by atoms with Gasteiger partial charge >= 0.3 is 0 Å². The molecule has 4 nitrogen and oxygen atoms in total. The summed E-state index contributed by atoms with van der Waals surface area (Å²) in [4.78, 5) is 16.3. The number of fused-ring (bicyclic) bond motifs is 1. The van der Waals surface area contributed by atoms with Crippen molar-refractivity contribution in [3.63, 3.8) is 0 Å². The first kappa shape index (κ1) is 11.3. The van der Waals surface area contributed by atoms with Gasteiger partial charge < -0.3 is 9.72 Å². The fraction of sp³-hybridized carbons (Fsp3) is 0.429. The summed E-state index contributed by atoms with van der Waals surface area (Å²) in [5.74, 6) is 0.427. The smallest absolute Gasteiger partial charge is 0.223 e. The van der Waals surface area contributed by atoms with Crippen molar-refractivity contribution in [3.05, 3.63) is 35.8 Å². The number of carbonyl (C=O) groups is 1. The molecule has 0 saturated heterocycles. The second-order valence-corrected chi connectivity index (χ2v) is 4.92. The maximum absolute atomic E-state index is 11.8. The normalized spacial score (nSPS) is 15.6. The lowest BCUT2D eigenvalue weighted by Crippen LogP contribution is -2.34. The number of amides is 1. The van der Waals surface area contributed by atoms with Crippen LogP contribution in [0.3, 0.4) is 0 Å². The molecule has 0 unspecified atom stereocenters. The minimum absolute atomic E-state index is 0.187. The quantitative estimate of drug-likeness (QED) is 0.897. The van der Waals surface area contributed by atoms with E-state index in [-0.39, 0.29) is 11.8 Å². The van der Waals surface area contributed by atoms with E-state index in [1.165, 1.54) is 6.42 Å². The van der Waals surface area contributed by atoms with Gasteiger partial charge in [-0.05, 0) is 31.9 Å². The molecule has 0 atom stereocenters. The average Bonchev–Trinajstić information content (AvgIpc) is 2.60. The lowest BCUT2D eigenvalue weighted by molar-refractivity contribution is -0.127. The van der Waals surface area contributed by atoms with E-state index in [9.17, 15) is 4.79 Å². The summed E-state index contributed by atoms with van der Waals surface area (Å²) in [6.07, 6.45) is 5.25. The van der Waals surface area contributed by atoms with E-state index in [1.54, 1.807) is 0 Å². The maximum atomic E-state index is 11.8. The van der Waals surface area contributed by atoms with Gasteiger partial charge in [0, 0.05) is 12.1 Å². The Morgan fingerprint density at radius 3 is 3.06 bits per heavy atom. The van der Waals surface area contributed by atoms with Gasteiger partial charge in [0.2, 0.25) is 5.91 Å². The van der Waals surface area contributed by atoms with Gasteiger partial charge in [0.1, 0.15) is 5.65 Å². The van der Waals surface area contributed by atoms with E-state index in [4.69, 9.17) is 0 Å². The Labute approximate surface area is 106 Å². The van der Waals surface area contributed by atoms with Crippen molar-refractivity contribution in [1.29, 1.82) is 0 Å². The summed E-state index contributed by atoms with van der Waals surface area (Å²) in [5.41, 5.74) is 2.98. The molecule has 1 amide bonds. The Balaban J connectivity index is 1.77. The van der Waals surface area contributed by atoms with Crippen LogP contribution < -0.4 is 5.32 Å². The highest BCUT2D eigenvalue weighted by Gasteiger charge is 2.25. The van der Waals surface area contributed by atoms with Crippen molar-refractivity contribution in [3.8, 4) is 0 Å². The van der Waals surface area contributed by atoms with Crippen LogP contribution in [0.1, 0.15) is 30.7 Å². The highest BCUT2D eigenvalue weighted by atomic mass is 16.1. The Bertz CT molecular complexity index is 584. The van der Waals surface area contributed by atoms with Gasteiger partial charge in [0.25, 0.3) is 0 Å². The van der Waals surface area contributed by atoms with Crippen molar-refractivity contribution in [2.24, 2.45) is 5.92 Å². The molecule has 1 fully saturated rings. The zero-order valence-electron chi connectivity index (χ0n) is 10.5. The predicted octanol–water partition coefficient (Wildman–Crippen LogP) is 2.06. The maximum Gasteiger partial charge on any atom is 0.223 e. The zero-order chi connectivity index (χ0) is 12.5. The third kappa shape index (κ3) is 1.88. The molecule has 0 aromatic carbocycles. The van der Waals surface area contributed by atoms with Gasteiger partial charge in [0.15, 0.2) is 0 Å². The topological polar surface area (TPSA) is 46.4 Å². The Morgan fingerprint density at radius 2 is 2.33 bits per heavy atom. The Kier molecular flexibility index (Phi) is 2.78. The fourth-order valence-corrected chi connectivity index (χ4v) is 2.36. The standard InChI is InChI=1S/C14H17N3O/c1-10-12(9-15-14(18)11-5-4-6-11)17-8-3-2-7-13(17)16-10/h2-3,7-8,11H,4-6,9H2,1H3,(H,15,18). The lowest BCUT2D eigenvalue weighted by Gasteiger charge is -2.24. The molecule has 2 heterocycles. The molecule has 0 radical (unpaired) electrons. The second kappa shape index (κ2) is 4.44. The summed E-state index contributed by atoms with van der Waals surface area (Å²) in [6.45, 7) is 2.55. The van der Waals surface area contributed by atoms with Crippen LogP contribution in [0, 0.1) is 12.8 Å². The van der Waals surface area contributed by atoms with Crippen LogP contribution in [-0.2, 0) is 11.3 Å². The van der Waals surface area contributed by atoms with Gasteiger partial charge in [-0.3, -0.25) is 4.79 Å². The van der Waals surface area contributed by atoms with Crippen LogP contribution in [0.4, 0.5) is 0 Å². The number of hydrogen-bond acceptors (Lipinski definition) is 2. The number of imidazole rings is 1. The van der Waals surface area contributed by atoms with Crippen molar-refractivity contribution < 1.29 is 4.79 Å². The number of pyridine rings is 1. The van der Waals surface area contributed by atoms with Gasteiger partial charge in [-0.15, -0.1) is 0 Å². The SMILES string of the molecule is Cc1nc2ccccn2c1CNC(=O)C1CCC1. The van der Waals surface area contributed by atoms with Crippen LogP contribution in [-0.4, -0.2) is 15.3 Å². The molecule has 2 aromatic heterocycles. The third-order valence-corrected chi connectivity index (χ3v) is 3.74. The largest absolute Gasteiger partial charge is 0.350 e. The number of carbonyl (C=O) groups excluding carboxylic acids is 1. The van der Waals surface area contributed by atoms with Crippen molar-refractivity contribution >= 4 is 11.6 Å². The van der Waals surface area contributed by atoms with Crippen LogP contribution in [0.25, 0.3) is 5.65 Å². The second-order valence-electron chi connectivity index (χ2n) is 4.92. The zero-order valence-corrected chi connectivity index (χ0v) is 10.5. The first-order valence-corrected chi connectivity index (χ1v) is 6.46. The molecule has 4 heteroatoms. The molecule has 1 saturated carbocycles. The molecule has 94 valence electrons. The van der Waals surface area contributed by atoms with Gasteiger partial charge in [-0.1, -0.05) is 12.5 Å². The van der Waals surface area contributed by atoms with Crippen molar-refractivity contribution in [2.75, 3.05) is 0 Å². The molecule has 1 aliphatic rings.